The number of ether oxygens (including phenoxy) is 1. The van der Waals surface area contributed by atoms with E-state index in [4.69, 9.17) is 14.7 Å². The highest BCUT2D eigenvalue weighted by Crippen LogP contribution is 2.38. The van der Waals surface area contributed by atoms with Crippen molar-refractivity contribution < 1.29 is 4.74 Å². The van der Waals surface area contributed by atoms with Crippen molar-refractivity contribution in [3.8, 4) is 5.88 Å². The third-order valence-electron chi connectivity index (χ3n) is 5.98. The fourth-order valence-corrected chi connectivity index (χ4v) is 4.79. The Balaban J connectivity index is 1.88. The van der Waals surface area contributed by atoms with Gasteiger partial charge in [0.1, 0.15) is 22.9 Å². The topological polar surface area (TPSA) is 67.8 Å². The smallest absolute Gasteiger partial charge is 0.219 e. The van der Waals surface area contributed by atoms with Gasteiger partial charge in [-0.1, -0.05) is 20.8 Å². The molecule has 0 saturated heterocycles. The van der Waals surface area contributed by atoms with E-state index in [-0.39, 0.29) is 11.0 Å². The molecule has 0 saturated carbocycles. The Bertz CT molecular complexity index is 1250. The predicted molar refractivity (Wildman–Crippen MR) is 134 cm³/mol. The van der Waals surface area contributed by atoms with Crippen molar-refractivity contribution in [3.63, 3.8) is 0 Å². The number of aromatic amines is 1. The number of hydrogen-bond acceptors (Lipinski definition) is 5. The fraction of sp³-hybridized carbons (Fsp3) is 0.440. The average Bonchev–Trinajstić information content (AvgIpc) is 3.37. The molecule has 4 rings (SSSR count). The molecule has 0 aliphatic carbocycles. The van der Waals surface area contributed by atoms with Crippen LogP contribution in [-0.4, -0.2) is 46.0 Å². The highest BCUT2D eigenvalue weighted by atomic mass is 32.2. The number of nitrogens with one attached hydrogen (secondary N) is 2. The van der Waals surface area contributed by atoms with Crippen LogP contribution in [0, 0.1) is 0 Å². The highest BCUT2D eigenvalue weighted by molar-refractivity contribution is 7.98. The SMILES string of the molecule is CNCCOc1nc2c(ccn2C(C)(C)c2cc3cc[nH]c3nc2SC)cc1C(C)(C)C. The second-order valence-corrected chi connectivity index (χ2v) is 10.5. The first kappa shape index (κ1) is 22.7. The Morgan fingerprint density at radius 1 is 1.06 bits per heavy atom. The Labute approximate surface area is 194 Å². The molecule has 0 aliphatic heterocycles. The molecule has 170 valence electrons. The van der Waals surface area contributed by atoms with Gasteiger partial charge < -0.3 is 19.6 Å². The van der Waals surface area contributed by atoms with Gasteiger partial charge in [-0.3, -0.25) is 0 Å². The van der Waals surface area contributed by atoms with E-state index in [1.165, 1.54) is 5.56 Å². The predicted octanol–water partition coefficient (Wildman–Crippen LogP) is 5.31. The minimum atomic E-state index is -0.350. The van der Waals surface area contributed by atoms with E-state index >= 15 is 0 Å². The number of fused-ring (bicyclic) bond motifs is 2. The van der Waals surface area contributed by atoms with Crippen LogP contribution in [0.25, 0.3) is 22.1 Å². The van der Waals surface area contributed by atoms with Crippen LogP contribution >= 0.6 is 11.8 Å². The second-order valence-electron chi connectivity index (χ2n) is 9.66. The molecular formula is C25H33N5OS. The van der Waals surface area contributed by atoms with Crippen LogP contribution in [-0.2, 0) is 11.0 Å². The monoisotopic (exact) mass is 451 g/mol. The van der Waals surface area contributed by atoms with Gasteiger partial charge in [-0.25, -0.2) is 4.98 Å². The van der Waals surface area contributed by atoms with Crippen LogP contribution in [0.2, 0.25) is 0 Å². The molecular weight excluding hydrogens is 418 g/mol. The van der Waals surface area contributed by atoms with E-state index in [9.17, 15) is 0 Å². The Morgan fingerprint density at radius 3 is 2.50 bits per heavy atom. The van der Waals surface area contributed by atoms with Gasteiger partial charge in [-0.15, -0.1) is 11.8 Å². The van der Waals surface area contributed by atoms with Crippen LogP contribution in [0.1, 0.15) is 45.7 Å². The van der Waals surface area contributed by atoms with Crippen molar-refractivity contribution in [2.75, 3.05) is 26.5 Å². The van der Waals surface area contributed by atoms with E-state index in [0.717, 1.165) is 39.2 Å². The van der Waals surface area contributed by atoms with Crippen molar-refractivity contribution in [1.82, 2.24) is 24.8 Å². The Hall–Kier alpha value is -2.51. The quantitative estimate of drug-likeness (QED) is 0.294. The van der Waals surface area contributed by atoms with Crippen LogP contribution in [0.15, 0.2) is 41.7 Å². The van der Waals surface area contributed by atoms with E-state index in [1.54, 1.807) is 11.8 Å². The molecule has 0 aromatic carbocycles. The highest BCUT2D eigenvalue weighted by Gasteiger charge is 2.30. The van der Waals surface area contributed by atoms with Crippen LogP contribution < -0.4 is 10.1 Å². The van der Waals surface area contributed by atoms with E-state index in [0.29, 0.717) is 12.5 Å². The number of H-pyrrole nitrogens is 1. The van der Waals surface area contributed by atoms with Gasteiger partial charge in [-0.05, 0) is 56.8 Å². The zero-order valence-electron chi connectivity index (χ0n) is 20.0. The van der Waals surface area contributed by atoms with Crippen molar-refractivity contribution >= 4 is 33.8 Å². The lowest BCUT2D eigenvalue weighted by molar-refractivity contribution is 0.298. The molecule has 7 heteroatoms. The zero-order chi connectivity index (χ0) is 23.1. The molecule has 0 fully saturated rings. The third-order valence-corrected chi connectivity index (χ3v) is 6.68. The first-order valence-electron chi connectivity index (χ1n) is 11.0. The van der Waals surface area contributed by atoms with E-state index < -0.39 is 0 Å². The number of nitrogens with zero attached hydrogens (tertiary/aromatic N) is 3. The molecule has 4 aromatic rings. The average molecular weight is 452 g/mol. The molecule has 0 bridgehead atoms. The van der Waals surface area contributed by atoms with Gasteiger partial charge in [0, 0.05) is 40.8 Å². The van der Waals surface area contributed by atoms with Crippen molar-refractivity contribution in [2.24, 2.45) is 0 Å². The van der Waals surface area contributed by atoms with Gasteiger partial charge in [0.2, 0.25) is 5.88 Å². The minimum absolute atomic E-state index is 0.0664. The Kier molecular flexibility index (Phi) is 5.98. The minimum Gasteiger partial charge on any atom is -0.476 e. The van der Waals surface area contributed by atoms with Gasteiger partial charge in [-0.2, -0.15) is 4.98 Å². The van der Waals surface area contributed by atoms with Gasteiger partial charge >= 0.3 is 0 Å². The standard InChI is InChI=1S/C25H33N5OS/c1-24(2,3)18-15-17-9-12-30(21(17)29-22(18)31-13-11-26-6)25(4,5)19-14-16-8-10-27-20(16)28-23(19)32-7/h8-10,12,14-15,26H,11,13H2,1-7H3,(H,27,28). The molecule has 0 unspecified atom stereocenters. The molecule has 0 amide bonds. The van der Waals surface area contributed by atoms with Crippen molar-refractivity contribution in [1.29, 1.82) is 0 Å². The third kappa shape index (κ3) is 3.99. The largest absolute Gasteiger partial charge is 0.476 e. The molecule has 2 N–H and O–H groups in total. The van der Waals surface area contributed by atoms with E-state index in [1.807, 2.05) is 13.2 Å². The molecule has 4 aromatic heterocycles. The van der Waals surface area contributed by atoms with Crippen LogP contribution in [0.4, 0.5) is 0 Å². The molecule has 32 heavy (non-hydrogen) atoms. The van der Waals surface area contributed by atoms with Crippen molar-refractivity contribution in [3.05, 3.63) is 47.8 Å². The molecule has 0 aliphatic rings. The van der Waals surface area contributed by atoms with E-state index in [2.05, 4.69) is 86.2 Å². The zero-order valence-corrected chi connectivity index (χ0v) is 20.9. The van der Waals surface area contributed by atoms with Gasteiger partial charge in [0.15, 0.2) is 0 Å². The molecule has 4 heterocycles. The van der Waals surface area contributed by atoms with Gasteiger partial charge in [0.05, 0.1) is 5.54 Å². The summed E-state index contributed by atoms with van der Waals surface area (Å²) in [4.78, 5) is 13.1. The maximum absolute atomic E-state index is 6.14. The number of aromatic nitrogens is 4. The molecule has 6 nitrogen and oxygen atoms in total. The first-order valence-corrected chi connectivity index (χ1v) is 12.2. The van der Waals surface area contributed by atoms with Crippen molar-refractivity contribution in [2.45, 2.75) is 50.6 Å². The summed E-state index contributed by atoms with van der Waals surface area (Å²) in [7, 11) is 1.93. The summed E-state index contributed by atoms with van der Waals surface area (Å²) in [6, 6.07) is 8.69. The lowest BCUT2D eigenvalue weighted by Crippen LogP contribution is -2.28. The number of hydrogen-bond donors (Lipinski definition) is 2. The summed E-state index contributed by atoms with van der Waals surface area (Å²) in [5.74, 6) is 0.709. The summed E-state index contributed by atoms with van der Waals surface area (Å²) >= 11 is 1.67. The normalized spacial score (nSPS) is 12.7. The number of pyridine rings is 2. The lowest BCUT2D eigenvalue weighted by atomic mass is 9.87. The maximum Gasteiger partial charge on any atom is 0.219 e. The summed E-state index contributed by atoms with van der Waals surface area (Å²) < 4.78 is 8.38. The first-order chi connectivity index (χ1) is 15.2. The second kappa shape index (κ2) is 8.45. The number of thioether (sulfide) groups is 1. The summed E-state index contributed by atoms with van der Waals surface area (Å²) in [5, 5.41) is 6.39. The number of rotatable bonds is 7. The lowest BCUT2D eigenvalue weighted by Gasteiger charge is -2.30. The number of likely N-dealkylation sites (N-methyl/N-ethyl adjacent to an activating group) is 1. The summed E-state index contributed by atoms with van der Waals surface area (Å²) in [6.07, 6.45) is 6.15. The molecule has 0 atom stereocenters. The summed E-state index contributed by atoms with van der Waals surface area (Å²) in [5.41, 5.74) is 3.72. The molecule has 0 spiro atoms. The van der Waals surface area contributed by atoms with Crippen LogP contribution in [0.3, 0.4) is 0 Å². The van der Waals surface area contributed by atoms with Crippen LogP contribution in [0.5, 0.6) is 5.88 Å². The van der Waals surface area contributed by atoms with Gasteiger partial charge in [0.25, 0.3) is 0 Å². The molecule has 0 radical (unpaired) electrons. The maximum atomic E-state index is 6.14. The Morgan fingerprint density at radius 2 is 1.81 bits per heavy atom. The fourth-order valence-electron chi connectivity index (χ4n) is 4.08. The summed E-state index contributed by atoms with van der Waals surface area (Å²) in [6.45, 7) is 12.4.